The molecule has 1 N–H and O–H groups in total. The Kier molecular flexibility index (Phi) is 9.74. The summed E-state index contributed by atoms with van der Waals surface area (Å²) in [6, 6.07) is 9.12. The summed E-state index contributed by atoms with van der Waals surface area (Å²) < 4.78 is 13.4. The molecular formula is C21H24Cl3N5O2S. The molecule has 0 saturated heterocycles. The minimum Gasteiger partial charge on any atom is -0.490 e. The maximum absolute atomic E-state index is 6.52. The SMILES string of the molecule is CCOc1cc(CNCCCSc2nnnn2C)cc(Cl)c1OCc1ccc(Cl)cc1Cl. The van der Waals surface area contributed by atoms with Crippen molar-refractivity contribution in [1.29, 1.82) is 0 Å². The van der Waals surface area contributed by atoms with E-state index in [1.807, 2.05) is 32.2 Å². The molecule has 0 saturated carbocycles. The Hall–Kier alpha value is -1.71. The Morgan fingerprint density at radius 3 is 2.66 bits per heavy atom. The van der Waals surface area contributed by atoms with Crippen LogP contribution in [0.15, 0.2) is 35.5 Å². The van der Waals surface area contributed by atoms with Gasteiger partial charge >= 0.3 is 0 Å². The molecule has 2 aromatic carbocycles. The van der Waals surface area contributed by atoms with Crippen molar-refractivity contribution >= 4 is 46.6 Å². The maximum atomic E-state index is 6.52. The van der Waals surface area contributed by atoms with Crippen LogP contribution in [0.5, 0.6) is 11.5 Å². The fourth-order valence-corrected chi connectivity index (χ4v) is 4.39. The van der Waals surface area contributed by atoms with Gasteiger partial charge in [0.1, 0.15) is 6.61 Å². The van der Waals surface area contributed by atoms with Crippen LogP contribution >= 0.6 is 46.6 Å². The monoisotopic (exact) mass is 515 g/mol. The van der Waals surface area contributed by atoms with Gasteiger partial charge in [-0.05, 0) is 60.1 Å². The van der Waals surface area contributed by atoms with Gasteiger partial charge in [-0.3, -0.25) is 0 Å². The van der Waals surface area contributed by atoms with Crippen LogP contribution < -0.4 is 14.8 Å². The summed E-state index contributed by atoms with van der Waals surface area (Å²) in [5.41, 5.74) is 1.83. The molecule has 3 rings (SSSR count). The molecule has 0 atom stereocenters. The van der Waals surface area contributed by atoms with Gasteiger partial charge in [-0.15, -0.1) is 5.10 Å². The van der Waals surface area contributed by atoms with Crippen LogP contribution in [0.2, 0.25) is 15.1 Å². The summed E-state index contributed by atoms with van der Waals surface area (Å²) in [5.74, 6) is 2.02. The lowest BCUT2D eigenvalue weighted by atomic mass is 10.2. The van der Waals surface area contributed by atoms with Crippen LogP contribution in [0, 0.1) is 0 Å². The largest absolute Gasteiger partial charge is 0.490 e. The number of nitrogens with one attached hydrogen (secondary N) is 1. The number of hydrogen-bond acceptors (Lipinski definition) is 7. The first-order chi connectivity index (χ1) is 15.5. The van der Waals surface area contributed by atoms with Gasteiger partial charge in [0, 0.05) is 35.0 Å². The second kappa shape index (κ2) is 12.5. The third kappa shape index (κ3) is 7.15. The maximum Gasteiger partial charge on any atom is 0.209 e. The molecule has 0 fully saturated rings. The summed E-state index contributed by atoms with van der Waals surface area (Å²) in [6.07, 6.45) is 0.979. The number of rotatable bonds is 12. The van der Waals surface area contributed by atoms with Gasteiger partial charge in [0.2, 0.25) is 5.16 Å². The second-order valence-electron chi connectivity index (χ2n) is 6.83. The Balaban J connectivity index is 1.54. The molecule has 0 spiro atoms. The van der Waals surface area contributed by atoms with E-state index in [2.05, 4.69) is 20.8 Å². The smallest absolute Gasteiger partial charge is 0.209 e. The van der Waals surface area contributed by atoms with Crippen LogP contribution in [0.4, 0.5) is 0 Å². The normalized spacial score (nSPS) is 11.0. The number of thioether (sulfide) groups is 1. The molecule has 1 heterocycles. The molecule has 0 aliphatic rings. The summed E-state index contributed by atoms with van der Waals surface area (Å²) >= 11 is 20.4. The van der Waals surface area contributed by atoms with E-state index >= 15 is 0 Å². The Morgan fingerprint density at radius 1 is 1.09 bits per heavy atom. The van der Waals surface area contributed by atoms with Gasteiger partial charge < -0.3 is 14.8 Å². The topological polar surface area (TPSA) is 74.1 Å². The molecule has 0 unspecified atom stereocenters. The number of aryl methyl sites for hydroxylation is 1. The standard InChI is InChI=1S/C21H24Cl3N5O2S/c1-3-30-19-10-14(12-25-7-4-8-32-21-26-27-28-29(21)2)9-18(24)20(19)31-13-15-5-6-16(22)11-17(15)23/h5-6,9-11,25H,3-4,7-8,12-13H2,1-2H3. The van der Waals surface area contributed by atoms with E-state index in [-0.39, 0.29) is 6.61 Å². The average Bonchev–Trinajstić information content (AvgIpc) is 3.16. The average molecular weight is 517 g/mol. The molecule has 32 heavy (non-hydrogen) atoms. The quantitative estimate of drug-likeness (QED) is 0.254. The van der Waals surface area contributed by atoms with Crippen LogP contribution in [0.1, 0.15) is 24.5 Å². The first-order valence-corrected chi connectivity index (χ1v) is 12.2. The van der Waals surface area contributed by atoms with Crippen molar-refractivity contribution in [3.63, 3.8) is 0 Å². The van der Waals surface area contributed by atoms with Gasteiger partial charge in [0.15, 0.2) is 11.5 Å². The van der Waals surface area contributed by atoms with Crippen molar-refractivity contribution in [2.75, 3.05) is 18.9 Å². The van der Waals surface area contributed by atoms with E-state index in [9.17, 15) is 0 Å². The summed E-state index contributed by atoms with van der Waals surface area (Å²) in [6.45, 7) is 4.20. The zero-order valence-electron chi connectivity index (χ0n) is 17.8. The van der Waals surface area contributed by atoms with Gasteiger partial charge in [0.25, 0.3) is 0 Å². The van der Waals surface area contributed by atoms with Crippen LogP contribution in [-0.2, 0) is 20.2 Å². The molecule has 0 bridgehead atoms. The number of hydrogen-bond donors (Lipinski definition) is 1. The van der Waals surface area contributed by atoms with Crippen molar-refractivity contribution in [2.45, 2.75) is 31.7 Å². The predicted molar refractivity (Wildman–Crippen MR) is 129 cm³/mol. The lowest BCUT2D eigenvalue weighted by Crippen LogP contribution is -2.15. The third-order valence-electron chi connectivity index (χ3n) is 4.40. The van der Waals surface area contributed by atoms with Crippen molar-refractivity contribution < 1.29 is 9.47 Å². The molecule has 1 aromatic heterocycles. The first kappa shape index (κ1) is 24.9. The van der Waals surface area contributed by atoms with E-state index in [1.54, 1.807) is 28.6 Å². The molecular weight excluding hydrogens is 493 g/mol. The minimum atomic E-state index is 0.256. The number of ether oxygens (including phenoxy) is 2. The molecule has 0 aliphatic carbocycles. The fraction of sp³-hybridized carbons (Fsp3) is 0.381. The fourth-order valence-electron chi connectivity index (χ4n) is 2.85. The summed E-state index contributed by atoms with van der Waals surface area (Å²) in [7, 11) is 1.83. The number of benzene rings is 2. The molecule has 172 valence electrons. The van der Waals surface area contributed by atoms with E-state index in [0.717, 1.165) is 35.0 Å². The summed E-state index contributed by atoms with van der Waals surface area (Å²) in [5, 5.41) is 17.3. The molecule has 3 aromatic rings. The van der Waals surface area contributed by atoms with Gasteiger partial charge in [-0.25, -0.2) is 4.68 Å². The number of aromatic nitrogens is 4. The van der Waals surface area contributed by atoms with Crippen molar-refractivity contribution in [1.82, 2.24) is 25.5 Å². The first-order valence-electron chi connectivity index (χ1n) is 10.1. The number of nitrogens with zero attached hydrogens (tertiary/aromatic N) is 4. The number of halogens is 3. The van der Waals surface area contributed by atoms with Crippen molar-refractivity contribution in [2.24, 2.45) is 7.05 Å². The molecule has 0 radical (unpaired) electrons. The zero-order valence-corrected chi connectivity index (χ0v) is 20.9. The highest BCUT2D eigenvalue weighted by atomic mass is 35.5. The molecule has 0 amide bonds. The molecule has 11 heteroatoms. The summed E-state index contributed by atoms with van der Waals surface area (Å²) in [4.78, 5) is 0. The van der Waals surface area contributed by atoms with Crippen molar-refractivity contribution in [3.05, 3.63) is 56.5 Å². The second-order valence-corrected chi connectivity index (χ2v) is 9.14. The number of tetrazole rings is 1. The Bertz CT molecular complexity index is 1030. The zero-order chi connectivity index (χ0) is 22.9. The lowest BCUT2D eigenvalue weighted by molar-refractivity contribution is 0.269. The van der Waals surface area contributed by atoms with Gasteiger partial charge in [-0.1, -0.05) is 52.6 Å². The van der Waals surface area contributed by atoms with Crippen LogP contribution in [0.3, 0.4) is 0 Å². The van der Waals surface area contributed by atoms with E-state index in [0.29, 0.717) is 39.7 Å². The Labute approximate surface area is 206 Å². The lowest BCUT2D eigenvalue weighted by Gasteiger charge is -2.16. The molecule has 7 nitrogen and oxygen atoms in total. The van der Waals surface area contributed by atoms with E-state index in [4.69, 9.17) is 44.3 Å². The predicted octanol–water partition coefficient (Wildman–Crippen LogP) is 5.42. The highest BCUT2D eigenvalue weighted by Gasteiger charge is 2.14. The van der Waals surface area contributed by atoms with Gasteiger partial charge in [-0.2, -0.15) is 0 Å². The highest BCUT2D eigenvalue weighted by Crippen LogP contribution is 2.37. The van der Waals surface area contributed by atoms with E-state index in [1.165, 1.54) is 0 Å². The highest BCUT2D eigenvalue weighted by molar-refractivity contribution is 7.99. The Morgan fingerprint density at radius 2 is 1.94 bits per heavy atom. The minimum absolute atomic E-state index is 0.256. The molecule has 0 aliphatic heterocycles. The van der Waals surface area contributed by atoms with Crippen LogP contribution in [-0.4, -0.2) is 39.1 Å². The van der Waals surface area contributed by atoms with Gasteiger partial charge in [0.05, 0.1) is 11.6 Å². The third-order valence-corrected chi connectivity index (χ3v) is 6.36. The van der Waals surface area contributed by atoms with E-state index < -0.39 is 0 Å². The van der Waals surface area contributed by atoms with Crippen molar-refractivity contribution in [3.8, 4) is 11.5 Å². The van der Waals surface area contributed by atoms with Crippen LogP contribution in [0.25, 0.3) is 0 Å².